The van der Waals surface area contributed by atoms with Crippen molar-refractivity contribution in [1.82, 2.24) is 0 Å². The zero-order valence-electron chi connectivity index (χ0n) is 15.1. The van der Waals surface area contributed by atoms with Crippen molar-refractivity contribution >= 4 is 11.9 Å². The lowest BCUT2D eigenvalue weighted by molar-refractivity contribution is -0.153. The molecule has 0 aromatic heterocycles. The average molecular weight is 365 g/mol. The standard InChI is InChI=1S/C22H23NO4/c23-22(21(25)26)11-5-6-14(12-22)20(24)27-13-19-17-9-3-1-7-15(17)16-8-2-4-10-18(16)19/h1-4,7-10,14,19H,5-6,11-13,23H2,(H,25,26)/t14-,22+/m1/s1. The van der Waals surface area contributed by atoms with E-state index in [0.717, 1.165) is 11.1 Å². The summed E-state index contributed by atoms with van der Waals surface area (Å²) in [5, 5.41) is 9.34. The second kappa shape index (κ2) is 6.82. The fourth-order valence-corrected chi connectivity index (χ4v) is 4.43. The summed E-state index contributed by atoms with van der Waals surface area (Å²) in [7, 11) is 0. The van der Waals surface area contributed by atoms with Gasteiger partial charge < -0.3 is 15.6 Å². The molecule has 2 aliphatic rings. The molecule has 1 saturated carbocycles. The number of hydrogen-bond acceptors (Lipinski definition) is 4. The molecule has 5 nitrogen and oxygen atoms in total. The van der Waals surface area contributed by atoms with E-state index in [2.05, 4.69) is 24.3 Å². The Hall–Kier alpha value is -2.66. The van der Waals surface area contributed by atoms with Crippen molar-refractivity contribution in [2.24, 2.45) is 11.7 Å². The van der Waals surface area contributed by atoms with Gasteiger partial charge in [0.05, 0.1) is 5.92 Å². The van der Waals surface area contributed by atoms with Crippen molar-refractivity contribution in [2.75, 3.05) is 6.61 Å². The minimum atomic E-state index is -1.32. The number of fused-ring (bicyclic) bond motifs is 3. The molecule has 0 aliphatic heterocycles. The second-order valence-electron chi connectivity index (χ2n) is 7.61. The SMILES string of the molecule is N[C@@]1(C(=O)O)CCC[C@@H](C(=O)OCC2c3ccccc3-c3ccccc32)C1. The van der Waals surface area contributed by atoms with Crippen LogP contribution in [0.5, 0.6) is 0 Å². The molecule has 3 N–H and O–H groups in total. The number of esters is 1. The highest BCUT2D eigenvalue weighted by Gasteiger charge is 2.42. The van der Waals surface area contributed by atoms with E-state index in [4.69, 9.17) is 10.5 Å². The molecule has 0 heterocycles. The van der Waals surface area contributed by atoms with Gasteiger partial charge in [0.25, 0.3) is 0 Å². The minimum Gasteiger partial charge on any atom is -0.480 e. The van der Waals surface area contributed by atoms with Crippen LogP contribution in [0, 0.1) is 5.92 Å². The lowest BCUT2D eigenvalue weighted by atomic mass is 9.76. The fraction of sp³-hybridized carbons (Fsp3) is 0.364. The molecule has 4 rings (SSSR count). The lowest BCUT2D eigenvalue weighted by Gasteiger charge is -2.33. The molecule has 0 radical (unpaired) electrons. The summed E-state index contributed by atoms with van der Waals surface area (Å²) in [5.41, 5.74) is 9.32. The van der Waals surface area contributed by atoms with Crippen LogP contribution < -0.4 is 5.73 Å². The van der Waals surface area contributed by atoms with E-state index >= 15 is 0 Å². The number of carbonyl (C=O) groups is 2. The van der Waals surface area contributed by atoms with Gasteiger partial charge in [-0.05, 0) is 41.5 Å². The van der Waals surface area contributed by atoms with Crippen LogP contribution in [-0.4, -0.2) is 29.2 Å². The van der Waals surface area contributed by atoms with Crippen LogP contribution >= 0.6 is 0 Å². The largest absolute Gasteiger partial charge is 0.480 e. The van der Waals surface area contributed by atoms with Crippen LogP contribution in [-0.2, 0) is 14.3 Å². The quantitative estimate of drug-likeness (QED) is 0.812. The van der Waals surface area contributed by atoms with Crippen molar-refractivity contribution < 1.29 is 19.4 Å². The summed E-state index contributed by atoms with van der Waals surface area (Å²) in [5.74, 6) is -1.83. The zero-order valence-corrected chi connectivity index (χ0v) is 15.1. The van der Waals surface area contributed by atoms with Crippen LogP contribution in [0.1, 0.15) is 42.7 Å². The maximum absolute atomic E-state index is 12.6. The molecule has 27 heavy (non-hydrogen) atoms. The first-order valence-electron chi connectivity index (χ1n) is 9.37. The molecular weight excluding hydrogens is 342 g/mol. The van der Waals surface area contributed by atoms with Crippen molar-refractivity contribution in [2.45, 2.75) is 37.1 Å². The second-order valence-corrected chi connectivity index (χ2v) is 7.61. The molecule has 0 unspecified atom stereocenters. The summed E-state index contributed by atoms with van der Waals surface area (Å²) in [6, 6.07) is 16.3. The third-order valence-corrected chi connectivity index (χ3v) is 5.90. The third kappa shape index (κ3) is 3.12. The number of hydrogen-bond donors (Lipinski definition) is 2. The maximum atomic E-state index is 12.6. The normalized spacial score (nSPS) is 24.1. The molecule has 0 saturated heterocycles. The topological polar surface area (TPSA) is 89.6 Å². The Labute approximate surface area is 158 Å². The van der Waals surface area contributed by atoms with E-state index in [1.54, 1.807) is 0 Å². The number of nitrogens with two attached hydrogens (primary N) is 1. The Morgan fingerprint density at radius 2 is 1.67 bits per heavy atom. The Morgan fingerprint density at radius 3 is 2.26 bits per heavy atom. The van der Waals surface area contributed by atoms with E-state index in [1.807, 2.05) is 24.3 Å². The summed E-state index contributed by atoms with van der Waals surface area (Å²) in [4.78, 5) is 24.0. The van der Waals surface area contributed by atoms with Crippen molar-refractivity contribution in [3.63, 3.8) is 0 Å². The predicted molar refractivity (Wildman–Crippen MR) is 101 cm³/mol. The van der Waals surface area contributed by atoms with Gasteiger partial charge in [0, 0.05) is 5.92 Å². The molecule has 2 atom stereocenters. The molecule has 0 bridgehead atoms. The Kier molecular flexibility index (Phi) is 4.48. The number of carboxylic acids is 1. The van der Waals surface area contributed by atoms with Crippen LogP contribution in [0.15, 0.2) is 48.5 Å². The number of carboxylic acid groups (broad SMARTS) is 1. The van der Waals surface area contributed by atoms with Gasteiger partial charge in [-0.15, -0.1) is 0 Å². The minimum absolute atomic E-state index is 0.00653. The third-order valence-electron chi connectivity index (χ3n) is 5.90. The Bertz CT molecular complexity index is 848. The highest BCUT2D eigenvalue weighted by atomic mass is 16.5. The van der Waals surface area contributed by atoms with Crippen molar-refractivity contribution in [1.29, 1.82) is 0 Å². The van der Waals surface area contributed by atoms with Gasteiger partial charge in [-0.2, -0.15) is 0 Å². The summed E-state index contributed by atoms with van der Waals surface area (Å²) in [6.07, 6.45) is 1.79. The van der Waals surface area contributed by atoms with Crippen molar-refractivity contribution in [3.8, 4) is 11.1 Å². The lowest BCUT2D eigenvalue weighted by Crippen LogP contribution is -2.52. The van der Waals surface area contributed by atoms with E-state index in [0.29, 0.717) is 19.3 Å². The molecule has 0 amide bonds. The van der Waals surface area contributed by atoms with Gasteiger partial charge in [-0.3, -0.25) is 9.59 Å². The van der Waals surface area contributed by atoms with Gasteiger partial charge in [0.2, 0.25) is 0 Å². The highest BCUT2D eigenvalue weighted by Crippen LogP contribution is 2.44. The number of ether oxygens (including phenoxy) is 1. The van der Waals surface area contributed by atoms with Gasteiger partial charge in [0.1, 0.15) is 12.1 Å². The average Bonchev–Trinajstić information content (AvgIpc) is 3.00. The van der Waals surface area contributed by atoms with Gasteiger partial charge in [-0.1, -0.05) is 55.0 Å². The first-order chi connectivity index (χ1) is 13.0. The summed E-state index contributed by atoms with van der Waals surface area (Å²) in [6.45, 7) is 0.258. The van der Waals surface area contributed by atoms with Gasteiger partial charge in [-0.25, -0.2) is 0 Å². The highest BCUT2D eigenvalue weighted by molar-refractivity contribution is 5.81. The monoisotopic (exact) mass is 365 g/mol. The van der Waals surface area contributed by atoms with E-state index in [1.165, 1.54) is 11.1 Å². The summed E-state index contributed by atoms with van der Waals surface area (Å²) < 4.78 is 5.66. The van der Waals surface area contributed by atoms with Gasteiger partial charge in [0.15, 0.2) is 0 Å². The summed E-state index contributed by atoms with van der Waals surface area (Å²) >= 11 is 0. The molecule has 2 aliphatic carbocycles. The predicted octanol–water partition coefficient (Wildman–Crippen LogP) is 3.31. The Morgan fingerprint density at radius 1 is 1.07 bits per heavy atom. The molecule has 140 valence electrons. The van der Waals surface area contributed by atoms with Crippen molar-refractivity contribution in [3.05, 3.63) is 59.7 Å². The van der Waals surface area contributed by atoms with E-state index in [9.17, 15) is 14.7 Å². The van der Waals surface area contributed by atoms with Crippen LogP contribution in [0.25, 0.3) is 11.1 Å². The van der Waals surface area contributed by atoms with Gasteiger partial charge >= 0.3 is 11.9 Å². The first-order valence-corrected chi connectivity index (χ1v) is 9.37. The number of carbonyl (C=O) groups excluding carboxylic acids is 1. The van der Waals surface area contributed by atoms with E-state index < -0.39 is 17.4 Å². The molecule has 5 heteroatoms. The smallest absolute Gasteiger partial charge is 0.323 e. The van der Waals surface area contributed by atoms with Crippen LogP contribution in [0.2, 0.25) is 0 Å². The molecular formula is C22H23NO4. The first kappa shape index (κ1) is 17.7. The molecule has 2 aromatic rings. The zero-order chi connectivity index (χ0) is 19.0. The maximum Gasteiger partial charge on any atom is 0.323 e. The number of rotatable bonds is 4. The number of benzene rings is 2. The fourth-order valence-electron chi connectivity index (χ4n) is 4.43. The molecule has 1 fully saturated rings. The Balaban J connectivity index is 1.49. The van der Waals surface area contributed by atoms with Crippen LogP contribution in [0.4, 0.5) is 0 Å². The molecule has 2 aromatic carbocycles. The number of aliphatic carboxylic acids is 1. The molecule has 0 spiro atoms. The van der Waals surface area contributed by atoms with E-state index in [-0.39, 0.29) is 24.9 Å². The van der Waals surface area contributed by atoms with Crippen LogP contribution in [0.3, 0.4) is 0 Å².